The number of carbonyl (C=O) groups excluding carboxylic acids is 1. The number of amides is 1. The van der Waals surface area contributed by atoms with E-state index >= 15 is 0 Å². The molecule has 0 radical (unpaired) electrons. The molecular weight excluding hydrogens is 271 g/mol. The van der Waals surface area contributed by atoms with Crippen LogP contribution < -0.4 is 15.8 Å². The highest BCUT2D eigenvalue weighted by molar-refractivity contribution is 5.94. The molecule has 0 aliphatic carbocycles. The van der Waals surface area contributed by atoms with E-state index in [-0.39, 0.29) is 23.2 Å². The lowest BCUT2D eigenvalue weighted by Gasteiger charge is -2.15. The van der Waals surface area contributed by atoms with Crippen LogP contribution in [-0.2, 0) is 0 Å². The molecule has 0 saturated carbocycles. The number of nitrogen functional groups attached to an aromatic ring is 1. The number of halogens is 1. The van der Waals surface area contributed by atoms with Crippen LogP contribution in [0, 0.1) is 5.82 Å². The minimum atomic E-state index is -0.600. The van der Waals surface area contributed by atoms with Crippen molar-refractivity contribution in [1.29, 1.82) is 0 Å². The smallest absolute Gasteiger partial charge is 0.251 e. The topological polar surface area (TPSA) is 64.3 Å². The standard InChI is InChI=1S/C16H17FN2O2/c1-10(11-4-3-5-13(8-11)21-2)19-16(20)12-6-7-15(18)14(17)9-12/h3-10H,18H2,1-2H3,(H,19,20)/t10-/m1/s1. The quantitative estimate of drug-likeness (QED) is 0.850. The lowest BCUT2D eigenvalue weighted by atomic mass is 10.1. The van der Waals surface area contributed by atoms with Crippen LogP contribution in [0.5, 0.6) is 5.75 Å². The number of rotatable bonds is 4. The number of nitrogens with two attached hydrogens (primary N) is 1. The van der Waals surface area contributed by atoms with Crippen LogP contribution in [0.4, 0.5) is 10.1 Å². The highest BCUT2D eigenvalue weighted by atomic mass is 19.1. The molecule has 2 rings (SSSR count). The number of ether oxygens (including phenoxy) is 1. The highest BCUT2D eigenvalue weighted by Crippen LogP contribution is 2.19. The van der Waals surface area contributed by atoms with E-state index in [9.17, 15) is 9.18 Å². The third-order valence-electron chi connectivity index (χ3n) is 3.20. The fourth-order valence-electron chi connectivity index (χ4n) is 1.94. The summed E-state index contributed by atoms with van der Waals surface area (Å²) < 4.78 is 18.5. The zero-order valence-electron chi connectivity index (χ0n) is 11.9. The Hall–Kier alpha value is -2.56. The summed E-state index contributed by atoms with van der Waals surface area (Å²) in [4.78, 5) is 12.1. The van der Waals surface area contributed by atoms with Crippen molar-refractivity contribution < 1.29 is 13.9 Å². The number of methoxy groups -OCH3 is 1. The number of benzene rings is 2. The van der Waals surface area contributed by atoms with Crippen molar-refractivity contribution in [2.24, 2.45) is 0 Å². The molecule has 0 fully saturated rings. The Morgan fingerprint density at radius 1 is 1.29 bits per heavy atom. The van der Waals surface area contributed by atoms with Gasteiger partial charge in [0.1, 0.15) is 11.6 Å². The molecule has 4 nitrogen and oxygen atoms in total. The summed E-state index contributed by atoms with van der Waals surface area (Å²) in [5.41, 5.74) is 6.55. The number of anilines is 1. The fourth-order valence-corrected chi connectivity index (χ4v) is 1.94. The lowest BCUT2D eigenvalue weighted by molar-refractivity contribution is 0.0939. The summed E-state index contributed by atoms with van der Waals surface area (Å²) in [6.07, 6.45) is 0. The number of nitrogens with one attached hydrogen (secondary N) is 1. The van der Waals surface area contributed by atoms with Crippen molar-refractivity contribution in [2.75, 3.05) is 12.8 Å². The predicted molar refractivity (Wildman–Crippen MR) is 79.7 cm³/mol. The Morgan fingerprint density at radius 3 is 2.71 bits per heavy atom. The molecular formula is C16H17FN2O2. The molecule has 3 N–H and O–H groups in total. The second-order valence-corrected chi connectivity index (χ2v) is 4.71. The van der Waals surface area contributed by atoms with Crippen LogP contribution in [0.2, 0.25) is 0 Å². The molecule has 2 aromatic carbocycles. The summed E-state index contributed by atoms with van der Waals surface area (Å²) in [5.74, 6) is -0.243. The first-order chi connectivity index (χ1) is 10.0. The van der Waals surface area contributed by atoms with Crippen LogP contribution in [0.1, 0.15) is 28.9 Å². The molecule has 1 amide bonds. The summed E-state index contributed by atoms with van der Waals surface area (Å²) in [7, 11) is 1.58. The van der Waals surface area contributed by atoms with Gasteiger partial charge in [0.25, 0.3) is 5.91 Å². The van der Waals surface area contributed by atoms with Crippen molar-refractivity contribution in [3.05, 3.63) is 59.4 Å². The average molecular weight is 288 g/mol. The minimum absolute atomic E-state index is 0.0207. The maximum absolute atomic E-state index is 13.4. The third kappa shape index (κ3) is 3.51. The monoisotopic (exact) mass is 288 g/mol. The number of carbonyl (C=O) groups is 1. The second-order valence-electron chi connectivity index (χ2n) is 4.71. The first kappa shape index (κ1) is 14.8. The van der Waals surface area contributed by atoms with E-state index in [2.05, 4.69) is 5.32 Å². The van der Waals surface area contributed by atoms with Crippen molar-refractivity contribution in [3.63, 3.8) is 0 Å². The van der Waals surface area contributed by atoms with Crippen LogP contribution in [-0.4, -0.2) is 13.0 Å². The third-order valence-corrected chi connectivity index (χ3v) is 3.20. The van der Waals surface area contributed by atoms with Gasteiger partial charge in [-0.1, -0.05) is 12.1 Å². The van der Waals surface area contributed by atoms with E-state index in [0.717, 1.165) is 11.6 Å². The normalized spacial score (nSPS) is 11.8. The van der Waals surface area contributed by atoms with Crippen LogP contribution in [0.25, 0.3) is 0 Å². The molecule has 0 saturated heterocycles. The summed E-state index contributed by atoms with van der Waals surface area (Å²) in [6, 6.07) is 11.2. The van der Waals surface area contributed by atoms with E-state index in [1.165, 1.54) is 12.1 Å². The van der Waals surface area contributed by atoms with Gasteiger partial charge in [0.15, 0.2) is 0 Å². The minimum Gasteiger partial charge on any atom is -0.497 e. The van der Waals surface area contributed by atoms with Gasteiger partial charge in [-0.25, -0.2) is 4.39 Å². The van der Waals surface area contributed by atoms with Gasteiger partial charge in [0.05, 0.1) is 18.8 Å². The lowest BCUT2D eigenvalue weighted by Crippen LogP contribution is -2.26. The van der Waals surface area contributed by atoms with Crippen molar-refractivity contribution >= 4 is 11.6 Å². The summed E-state index contributed by atoms with van der Waals surface area (Å²) >= 11 is 0. The molecule has 0 aliphatic rings. The van der Waals surface area contributed by atoms with Gasteiger partial charge < -0.3 is 15.8 Å². The summed E-state index contributed by atoms with van der Waals surface area (Å²) in [6.45, 7) is 1.85. The van der Waals surface area contributed by atoms with E-state index < -0.39 is 5.82 Å². The van der Waals surface area contributed by atoms with Gasteiger partial charge >= 0.3 is 0 Å². The molecule has 0 unspecified atom stereocenters. The first-order valence-electron chi connectivity index (χ1n) is 6.51. The molecule has 0 bridgehead atoms. The molecule has 0 spiro atoms. The number of hydrogen-bond donors (Lipinski definition) is 2. The zero-order valence-corrected chi connectivity index (χ0v) is 11.9. The van der Waals surface area contributed by atoms with Crippen molar-refractivity contribution in [3.8, 4) is 5.75 Å². The van der Waals surface area contributed by atoms with E-state index in [4.69, 9.17) is 10.5 Å². The molecule has 0 heterocycles. The number of hydrogen-bond acceptors (Lipinski definition) is 3. The van der Waals surface area contributed by atoms with Gasteiger partial charge in [0.2, 0.25) is 0 Å². The van der Waals surface area contributed by atoms with Crippen LogP contribution >= 0.6 is 0 Å². The van der Waals surface area contributed by atoms with Gasteiger partial charge in [0, 0.05) is 5.56 Å². The molecule has 1 atom stereocenters. The van der Waals surface area contributed by atoms with Gasteiger partial charge in [-0.15, -0.1) is 0 Å². The van der Waals surface area contributed by atoms with Crippen LogP contribution in [0.15, 0.2) is 42.5 Å². The Bertz CT molecular complexity index is 658. The predicted octanol–water partition coefficient (Wildman–Crippen LogP) is 2.91. The molecule has 110 valence electrons. The fraction of sp³-hybridized carbons (Fsp3) is 0.188. The second kappa shape index (κ2) is 6.26. The van der Waals surface area contributed by atoms with Crippen molar-refractivity contribution in [2.45, 2.75) is 13.0 Å². The van der Waals surface area contributed by atoms with Gasteiger partial charge in [-0.3, -0.25) is 4.79 Å². The van der Waals surface area contributed by atoms with Crippen molar-refractivity contribution in [1.82, 2.24) is 5.32 Å². The molecule has 5 heteroatoms. The zero-order chi connectivity index (χ0) is 15.4. The maximum atomic E-state index is 13.4. The molecule has 2 aromatic rings. The molecule has 0 aromatic heterocycles. The molecule has 21 heavy (non-hydrogen) atoms. The Kier molecular flexibility index (Phi) is 4.42. The van der Waals surface area contributed by atoms with Gasteiger partial charge in [-0.2, -0.15) is 0 Å². The van der Waals surface area contributed by atoms with E-state index in [1.54, 1.807) is 7.11 Å². The summed E-state index contributed by atoms with van der Waals surface area (Å²) in [5, 5.41) is 2.81. The van der Waals surface area contributed by atoms with E-state index in [1.807, 2.05) is 31.2 Å². The SMILES string of the molecule is COc1cccc([C@@H](C)NC(=O)c2ccc(N)c(F)c2)c1. The average Bonchev–Trinajstić information content (AvgIpc) is 2.49. The highest BCUT2D eigenvalue weighted by Gasteiger charge is 2.13. The largest absolute Gasteiger partial charge is 0.497 e. The Morgan fingerprint density at radius 2 is 2.05 bits per heavy atom. The van der Waals surface area contributed by atoms with Gasteiger partial charge in [-0.05, 0) is 42.8 Å². The first-order valence-corrected chi connectivity index (χ1v) is 6.51. The Balaban J connectivity index is 2.12. The molecule has 0 aliphatic heterocycles. The Labute approximate surface area is 122 Å². The maximum Gasteiger partial charge on any atom is 0.251 e. The van der Waals surface area contributed by atoms with E-state index in [0.29, 0.717) is 5.75 Å². The van der Waals surface area contributed by atoms with Crippen LogP contribution in [0.3, 0.4) is 0 Å².